The summed E-state index contributed by atoms with van der Waals surface area (Å²) in [4.78, 5) is 69.7. The number of halogens is 1. The molecule has 1 aromatic rings. The van der Waals surface area contributed by atoms with Crippen LogP contribution in [0.2, 0.25) is 5.02 Å². The summed E-state index contributed by atoms with van der Waals surface area (Å²) in [5, 5.41) is 14.1. The average Bonchev–Trinajstić information content (AvgIpc) is 4.12. The van der Waals surface area contributed by atoms with Crippen molar-refractivity contribution in [1.82, 2.24) is 10.2 Å². The van der Waals surface area contributed by atoms with Gasteiger partial charge in [0.05, 0.1) is 31.9 Å². The van der Waals surface area contributed by atoms with Gasteiger partial charge in [-0.3, -0.25) is 14.9 Å². The van der Waals surface area contributed by atoms with Crippen molar-refractivity contribution in [1.29, 1.82) is 0 Å². The Morgan fingerprint density at radius 2 is 1.86 bits per heavy atom. The molecule has 3 aliphatic heterocycles. The fourth-order valence-electron chi connectivity index (χ4n) is 9.10. The number of fused-ring (bicyclic) bond motifs is 6. The number of methoxy groups -OCH3 is 2. The van der Waals surface area contributed by atoms with Gasteiger partial charge in [0.1, 0.15) is 40.7 Å². The van der Waals surface area contributed by atoms with Crippen molar-refractivity contribution in [2.45, 2.75) is 121 Å². The van der Waals surface area contributed by atoms with Gasteiger partial charge in [0.25, 0.3) is 0 Å². The summed E-state index contributed by atoms with van der Waals surface area (Å²) >= 11 is 7.72. The van der Waals surface area contributed by atoms with Crippen LogP contribution in [0, 0.1) is 35.5 Å². The topological polar surface area (TPSA) is 183 Å². The molecule has 6 rings (SSSR count). The molecule has 63 heavy (non-hydrogen) atoms. The van der Waals surface area contributed by atoms with E-state index in [9.17, 15) is 29.1 Å². The number of benzene rings is 1. The molecule has 3 amide bonds. The van der Waals surface area contributed by atoms with E-state index in [1.807, 2.05) is 13.0 Å². The average molecular weight is 915 g/mol. The highest BCUT2D eigenvalue weighted by atomic mass is 35.5. The standard InChI is InChI=1S/C46H60ClN3O12S/c1-26-14-13-17-36(58-8)46(56)24-35(60-43(54)48-46)27(2)41-45(4,62-41)37(23-39(52)50(6)33-21-29(20-26)22-34(57-7)40(33)47)61-42(53)28(3)49(5)38(51)18-19-63-44(55)59-25-32-30-15-11-9-10-12-16-31(30)32/h13-14,17,21-22,27-28,30-32,35-37,41,56H,11-12,15-16,18-20,23-25H2,1-8H3,(H,48,54)/b17-13+,26-14+/t27?,28-,30-,31+,32?,35-,36+,37-,41-,45-,46-/m0/s1. The van der Waals surface area contributed by atoms with Crippen LogP contribution in [-0.2, 0) is 44.5 Å². The molecule has 2 aliphatic carbocycles. The second-order valence-corrected chi connectivity index (χ2v) is 18.9. The summed E-state index contributed by atoms with van der Waals surface area (Å²) in [6, 6.07) is 2.48. The summed E-state index contributed by atoms with van der Waals surface area (Å²) in [5.74, 6) is 6.13. The molecule has 2 unspecified atom stereocenters. The Morgan fingerprint density at radius 3 is 2.52 bits per heavy atom. The minimum absolute atomic E-state index is 0.0351. The van der Waals surface area contributed by atoms with Crippen LogP contribution < -0.4 is 15.0 Å². The molecular formula is C46H60ClN3O12S. The van der Waals surface area contributed by atoms with E-state index in [-0.39, 0.29) is 30.0 Å². The van der Waals surface area contributed by atoms with Gasteiger partial charge in [-0.05, 0) is 87.2 Å². The Hall–Kier alpha value is -4.27. The van der Waals surface area contributed by atoms with Crippen molar-refractivity contribution >= 4 is 58.2 Å². The number of esters is 1. The first-order valence-electron chi connectivity index (χ1n) is 21.5. The Labute approximate surface area is 378 Å². The molecule has 2 N–H and O–H groups in total. The normalized spacial score (nSPS) is 33.4. The highest BCUT2D eigenvalue weighted by molar-refractivity contribution is 8.13. The van der Waals surface area contributed by atoms with Crippen LogP contribution in [-0.4, -0.2) is 122 Å². The monoisotopic (exact) mass is 913 g/mol. The summed E-state index contributed by atoms with van der Waals surface area (Å²) in [5.41, 5.74) is -1.05. The number of rotatable bonds is 10. The second-order valence-electron chi connectivity index (χ2n) is 17.5. The van der Waals surface area contributed by atoms with Gasteiger partial charge < -0.3 is 43.3 Å². The molecule has 2 saturated heterocycles. The predicted octanol–water partition coefficient (Wildman–Crippen LogP) is 6.21. The maximum atomic E-state index is 14.3. The van der Waals surface area contributed by atoms with Gasteiger partial charge in [-0.25, -0.2) is 14.4 Å². The minimum atomic E-state index is -1.85. The molecule has 1 saturated carbocycles. The van der Waals surface area contributed by atoms with E-state index in [2.05, 4.69) is 17.2 Å². The van der Waals surface area contributed by atoms with E-state index < -0.39 is 76.9 Å². The quantitative estimate of drug-likeness (QED) is 0.117. The summed E-state index contributed by atoms with van der Waals surface area (Å²) in [6.07, 6.45) is 4.44. The van der Waals surface area contributed by atoms with Gasteiger partial charge in [0, 0.05) is 58.6 Å². The first-order chi connectivity index (χ1) is 29.9. The number of nitrogens with zero attached hydrogens (tertiary/aromatic N) is 2. The molecule has 344 valence electrons. The molecule has 0 aromatic heterocycles. The third kappa shape index (κ3) is 11.2. The summed E-state index contributed by atoms with van der Waals surface area (Å²) in [6.45, 7) is 7.28. The zero-order chi connectivity index (χ0) is 45.8. The zero-order valence-corrected chi connectivity index (χ0v) is 38.8. The lowest BCUT2D eigenvalue weighted by Crippen LogP contribution is -2.63. The summed E-state index contributed by atoms with van der Waals surface area (Å²) < 4.78 is 34.9. The number of carbonyl (C=O) groups is 5. The minimum Gasteiger partial charge on any atom is -0.495 e. The van der Waals surface area contributed by atoms with E-state index in [0.29, 0.717) is 42.2 Å². The van der Waals surface area contributed by atoms with Crippen molar-refractivity contribution in [3.63, 3.8) is 0 Å². The number of thioether (sulfide) groups is 1. The number of hydrogen-bond acceptors (Lipinski definition) is 13. The van der Waals surface area contributed by atoms with Crippen LogP contribution in [0.3, 0.4) is 0 Å². The van der Waals surface area contributed by atoms with E-state index >= 15 is 0 Å². The molecule has 4 bridgehead atoms. The van der Waals surface area contributed by atoms with Crippen LogP contribution in [0.25, 0.3) is 0 Å². The molecule has 0 radical (unpaired) electrons. The van der Waals surface area contributed by atoms with Crippen LogP contribution in [0.1, 0.15) is 78.2 Å². The van der Waals surface area contributed by atoms with Gasteiger partial charge in [0.15, 0.2) is 5.72 Å². The Balaban J connectivity index is 1.17. The maximum Gasteiger partial charge on any atom is 0.409 e. The highest BCUT2D eigenvalue weighted by Gasteiger charge is 2.64. The molecule has 3 fully saturated rings. The Bertz CT molecular complexity index is 2040. The van der Waals surface area contributed by atoms with Gasteiger partial charge in [-0.2, -0.15) is 0 Å². The van der Waals surface area contributed by atoms with Crippen LogP contribution in [0.5, 0.6) is 5.75 Å². The highest BCUT2D eigenvalue weighted by Crippen LogP contribution is 2.53. The lowest BCUT2D eigenvalue weighted by Gasteiger charge is -2.42. The van der Waals surface area contributed by atoms with E-state index in [1.165, 1.54) is 38.0 Å². The van der Waals surface area contributed by atoms with Crippen molar-refractivity contribution < 1.29 is 57.5 Å². The molecule has 11 atom stereocenters. The number of amides is 3. The lowest BCUT2D eigenvalue weighted by molar-refractivity contribution is -0.162. The van der Waals surface area contributed by atoms with Gasteiger partial charge in [0.2, 0.25) is 11.8 Å². The maximum absolute atomic E-state index is 14.3. The van der Waals surface area contributed by atoms with Crippen molar-refractivity contribution in [2.24, 2.45) is 23.7 Å². The zero-order valence-electron chi connectivity index (χ0n) is 37.3. The van der Waals surface area contributed by atoms with Gasteiger partial charge in [-0.15, -0.1) is 11.8 Å². The number of epoxide rings is 1. The van der Waals surface area contributed by atoms with Crippen LogP contribution >= 0.6 is 23.4 Å². The number of aliphatic hydroxyl groups is 1. The number of ether oxygens (including phenoxy) is 6. The molecule has 15 nitrogen and oxygen atoms in total. The SMILES string of the molecule is COc1cc2cc(c1Cl)N(C)C(=O)C[C@H](OC(=O)[C@H](C)N(C)C(=O)CCSC(=O)OCC1[C@H]3CCC#CCC[C@@H]13)[C@]1(C)O[C@H]1C(C)[C@@H]1C[C@@](O)(NC(=O)O1)[C@H](OC)/C=C/C=C(\C)C2. The molecule has 5 aliphatic rings. The number of alkyl carbamates (subject to hydrolysis) is 1. The van der Waals surface area contributed by atoms with Gasteiger partial charge in [-0.1, -0.05) is 42.3 Å². The Kier molecular flexibility index (Phi) is 15.5. The van der Waals surface area contributed by atoms with Crippen LogP contribution in [0.4, 0.5) is 15.3 Å². The molecule has 1 aromatic carbocycles. The largest absolute Gasteiger partial charge is 0.495 e. The number of likely N-dealkylation sites (N-methyl/N-ethyl adjacent to an activating group) is 1. The molecular weight excluding hydrogens is 854 g/mol. The summed E-state index contributed by atoms with van der Waals surface area (Å²) in [7, 11) is 5.94. The van der Waals surface area contributed by atoms with E-state index in [1.54, 1.807) is 45.2 Å². The fraction of sp³-hybridized carbons (Fsp3) is 0.630. The number of carbonyl (C=O) groups excluding carboxylic acids is 5. The molecule has 3 heterocycles. The van der Waals surface area contributed by atoms with Crippen molar-refractivity contribution in [2.75, 3.05) is 45.6 Å². The van der Waals surface area contributed by atoms with E-state index in [4.69, 9.17) is 40.0 Å². The Morgan fingerprint density at radius 1 is 1.16 bits per heavy atom. The number of allylic oxidation sites excluding steroid dienone is 3. The number of anilines is 1. The van der Waals surface area contributed by atoms with Gasteiger partial charge >= 0.3 is 17.4 Å². The first-order valence-corrected chi connectivity index (χ1v) is 22.9. The third-order valence-electron chi connectivity index (χ3n) is 13.3. The first kappa shape index (κ1) is 48.2. The number of nitrogens with one attached hydrogen (secondary N) is 1. The second kappa shape index (κ2) is 20.3. The molecule has 0 spiro atoms. The predicted molar refractivity (Wildman–Crippen MR) is 236 cm³/mol. The smallest absolute Gasteiger partial charge is 0.409 e. The lowest BCUT2D eigenvalue weighted by atomic mass is 9.83. The van der Waals surface area contributed by atoms with Crippen molar-refractivity contribution in [3.05, 3.63) is 46.5 Å². The van der Waals surface area contributed by atoms with E-state index in [0.717, 1.165) is 48.6 Å². The number of hydrogen-bond donors (Lipinski definition) is 2. The van der Waals surface area contributed by atoms with Crippen LogP contribution in [0.15, 0.2) is 35.9 Å². The molecule has 17 heteroatoms. The third-order valence-corrected chi connectivity index (χ3v) is 14.4. The van der Waals surface area contributed by atoms with Crippen molar-refractivity contribution in [3.8, 4) is 17.6 Å². The fourth-order valence-corrected chi connectivity index (χ4v) is 10.0.